The largest absolute Gasteiger partial charge is 0.399 e. The summed E-state index contributed by atoms with van der Waals surface area (Å²) in [6.07, 6.45) is -0.346. The minimum Gasteiger partial charge on any atom is -0.399 e. The maximum atomic E-state index is 11.6. The van der Waals surface area contributed by atoms with Crippen molar-refractivity contribution in [3.8, 4) is 0 Å². The van der Waals surface area contributed by atoms with Crippen LogP contribution < -0.4 is 5.73 Å². The maximum absolute atomic E-state index is 11.6. The molecule has 0 aromatic heterocycles. The van der Waals surface area contributed by atoms with E-state index in [1.165, 1.54) is 7.11 Å². The smallest absolute Gasteiger partial charge is 0.131 e. The van der Waals surface area contributed by atoms with Crippen LogP contribution in [0.2, 0.25) is 0 Å². The molecule has 5 nitrogen and oxygen atoms in total. The Hall–Kier alpha value is -1.92. The predicted molar refractivity (Wildman–Crippen MR) is 93.6 cm³/mol. The number of nitrogens with two attached hydrogens (primary N) is 1. The first-order chi connectivity index (χ1) is 11.9. The van der Waals surface area contributed by atoms with Crippen molar-refractivity contribution in [1.82, 2.24) is 0 Å². The van der Waals surface area contributed by atoms with Crippen LogP contribution in [0.1, 0.15) is 42.1 Å². The monoisotopic (exact) mass is 341 g/mol. The first-order valence-electron chi connectivity index (χ1n) is 8.50. The topological polar surface area (TPSA) is 95.9 Å². The van der Waals surface area contributed by atoms with Gasteiger partial charge in [0.2, 0.25) is 0 Å². The Labute approximate surface area is 146 Å². The van der Waals surface area contributed by atoms with E-state index in [-0.39, 0.29) is 6.42 Å². The van der Waals surface area contributed by atoms with Crippen molar-refractivity contribution in [2.24, 2.45) is 0 Å². The fourth-order valence-electron chi connectivity index (χ4n) is 4.78. The van der Waals surface area contributed by atoms with Gasteiger partial charge in [-0.05, 0) is 41.7 Å². The van der Waals surface area contributed by atoms with Gasteiger partial charge in [0, 0.05) is 19.2 Å². The minimum absolute atomic E-state index is 0.0103. The molecule has 2 bridgehead atoms. The highest BCUT2D eigenvalue weighted by Crippen LogP contribution is 2.61. The number of fused-ring (bicyclic) bond motifs is 4. The van der Waals surface area contributed by atoms with Crippen molar-refractivity contribution in [3.05, 3.63) is 65.2 Å². The van der Waals surface area contributed by atoms with Gasteiger partial charge in [0.05, 0.1) is 5.60 Å². The van der Waals surface area contributed by atoms with Crippen molar-refractivity contribution < 1.29 is 20.1 Å². The summed E-state index contributed by atoms with van der Waals surface area (Å²) in [5, 5.41) is 33.9. The molecule has 2 aliphatic rings. The number of rotatable bonds is 2. The highest BCUT2D eigenvalue weighted by Gasteiger charge is 2.66. The number of hydrogen-bond acceptors (Lipinski definition) is 5. The zero-order valence-electron chi connectivity index (χ0n) is 14.1. The second kappa shape index (κ2) is 5.29. The van der Waals surface area contributed by atoms with Crippen molar-refractivity contribution in [2.45, 2.75) is 42.2 Å². The molecule has 4 rings (SSSR count). The van der Waals surface area contributed by atoms with Crippen molar-refractivity contribution in [1.29, 1.82) is 0 Å². The molecule has 0 radical (unpaired) electrons. The minimum atomic E-state index is -1.65. The lowest BCUT2D eigenvalue weighted by Crippen LogP contribution is -2.65. The summed E-state index contributed by atoms with van der Waals surface area (Å²) >= 11 is 0. The summed E-state index contributed by atoms with van der Waals surface area (Å²) in [4.78, 5) is 0. The summed E-state index contributed by atoms with van der Waals surface area (Å²) < 4.78 is 5.86. The van der Waals surface area contributed by atoms with E-state index in [0.717, 1.165) is 5.56 Å². The lowest BCUT2D eigenvalue weighted by atomic mass is 9.54. The third-order valence-corrected chi connectivity index (χ3v) is 6.09. The van der Waals surface area contributed by atoms with Gasteiger partial charge in [-0.15, -0.1) is 0 Å². The van der Waals surface area contributed by atoms with Gasteiger partial charge < -0.3 is 25.8 Å². The molecule has 2 aliphatic carbocycles. The Kier molecular flexibility index (Phi) is 3.50. The van der Waals surface area contributed by atoms with E-state index in [1.54, 1.807) is 24.3 Å². The second-order valence-corrected chi connectivity index (χ2v) is 7.28. The number of benzene rings is 2. The van der Waals surface area contributed by atoms with Gasteiger partial charge in [0.15, 0.2) is 0 Å². The van der Waals surface area contributed by atoms with E-state index in [4.69, 9.17) is 10.5 Å². The number of hydrogen-bond donors (Lipinski definition) is 4. The quantitative estimate of drug-likeness (QED) is 0.626. The number of ether oxygens (including phenoxy) is 1. The summed E-state index contributed by atoms with van der Waals surface area (Å²) in [7, 11) is 1.53. The Balaban J connectivity index is 1.93. The Morgan fingerprint density at radius 3 is 2.40 bits per heavy atom. The highest BCUT2D eigenvalue weighted by molar-refractivity contribution is 5.47. The van der Waals surface area contributed by atoms with Gasteiger partial charge in [-0.1, -0.05) is 36.4 Å². The van der Waals surface area contributed by atoms with Crippen LogP contribution in [0.25, 0.3) is 0 Å². The average molecular weight is 341 g/mol. The van der Waals surface area contributed by atoms with Crippen LogP contribution in [-0.2, 0) is 15.9 Å². The van der Waals surface area contributed by atoms with E-state index >= 15 is 0 Å². The zero-order chi connectivity index (χ0) is 17.9. The van der Waals surface area contributed by atoms with Gasteiger partial charge in [-0.2, -0.15) is 0 Å². The number of aliphatic hydroxyl groups excluding tert-OH is 1. The Bertz CT molecular complexity index is 808. The Morgan fingerprint density at radius 2 is 1.72 bits per heavy atom. The molecular weight excluding hydrogens is 318 g/mol. The summed E-state index contributed by atoms with van der Waals surface area (Å²) in [5.74, 6) is 0. The molecule has 0 aliphatic heterocycles. The van der Waals surface area contributed by atoms with E-state index < -0.39 is 22.9 Å². The summed E-state index contributed by atoms with van der Waals surface area (Å²) in [5.41, 5.74) is 4.43. The SMILES string of the molecule is CO[C@]1(c2ccc(N)cc2)CC[C@@]2(O)C[C@]1(O)[C@@H](O)c1ccccc12. The molecule has 4 atom stereocenters. The molecule has 1 saturated carbocycles. The van der Waals surface area contributed by atoms with Crippen LogP contribution in [0.3, 0.4) is 0 Å². The fraction of sp³-hybridized carbons (Fsp3) is 0.400. The van der Waals surface area contributed by atoms with Crippen molar-refractivity contribution >= 4 is 5.69 Å². The molecule has 5 heteroatoms. The second-order valence-electron chi connectivity index (χ2n) is 7.28. The standard InChI is InChI=1S/C20H23NO4/c1-25-20(13-6-8-14(21)9-7-13)11-10-18(23)12-19(20,24)17(22)15-4-2-3-5-16(15)18/h2-9,17,22-24H,10-12,21H2,1H3/t17-,18+,19-,20-/m0/s1. The van der Waals surface area contributed by atoms with Gasteiger partial charge in [0.25, 0.3) is 0 Å². The fourth-order valence-corrected chi connectivity index (χ4v) is 4.78. The first kappa shape index (κ1) is 16.5. The van der Waals surface area contributed by atoms with Crippen LogP contribution in [0.5, 0.6) is 0 Å². The number of anilines is 1. The van der Waals surface area contributed by atoms with E-state index in [9.17, 15) is 15.3 Å². The third-order valence-electron chi connectivity index (χ3n) is 6.09. The van der Waals surface area contributed by atoms with Crippen LogP contribution >= 0.6 is 0 Å². The highest BCUT2D eigenvalue weighted by atomic mass is 16.5. The molecule has 0 saturated heterocycles. The molecule has 25 heavy (non-hydrogen) atoms. The van der Waals surface area contributed by atoms with Gasteiger partial charge in [0.1, 0.15) is 17.3 Å². The number of nitrogen functional groups attached to an aromatic ring is 1. The van der Waals surface area contributed by atoms with Crippen LogP contribution in [0.4, 0.5) is 5.69 Å². The molecular formula is C20H23NO4. The molecule has 0 amide bonds. The Morgan fingerprint density at radius 1 is 1.04 bits per heavy atom. The molecule has 0 spiro atoms. The molecule has 0 unspecified atom stereocenters. The van der Waals surface area contributed by atoms with Crippen LogP contribution in [0, 0.1) is 0 Å². The molecule has 1 fully saturated rings. The van der Waals surface area contributed by atoms with Crippen molar-refractivity contribution in [3.63, 3.8) is 0 Å². The molecule has 5 N–H and O–H groups in total. The molecule has 132 valence electrons. The van der Waals surface area contributed by atoms with Crippen molar-refractivity contribution in [2.75, 3.05) is 12.8 Å². The summed E-state index contributed by atoms with van der Waals surface area (Å²) in [6, 6.07) is 14.3. The zero-order valence-corrected chi connectivity index (χ0v) is 14.1. The lowest BCUT2D eigenvalue weighted by molar-refractivity contribution is -0.282. The van der Waals surface area contributed by atoms with Gasteiger partial charge >= 0.3 is 0 Å². The van der Waals surface area contributed by atoms with E-state index in [2.05, 4.69) is 0 Å². The number of aliphatic hydroxyl groups is 3. The van der Waals surface area contributed by atoms with Gasteiger partial charge in [-0.3, -0.25) is 0 Å². The normalized spacial score (nSPS) is 36.7. The number of methoxy groups -OCH3 is 1. The maximum Gasteiger partial charge on any atom is 0.131 e. The van der Waals surface area contributed by atoms with E-state index in [1.807, 2.05) is 24.3 Å². The molecule has 2 aromatic carbocycles. The van der Waals surface area contributed by atoms with Crippen LogP contribution in [-0.4, -0.2) is 28.0 Å². The average Bonchev–Trinajstić information content (AvgIpc) is 2.62. The first-order valence-corrected chi connectivity index (χ1v) is 8.50. The third kappa shape index (κ3) is 2.04. The van der Waals surface area contributed by atoms with Gasteiger partial charge in [-0.25, -0.2) is 0 Å². The van der Waals surface area contributed by atoms with Crippen LogP contribution in [0.15, 0.2) is 48.5 Å². The molecule has 0 heterocycles. The molecule has 2 aromatic rings. The van der Waals surface area contributed by atoms with E-state index in [0.29, 0.717) is 29.7 Å². The predicted octanol–water partition coefficient (Wildman–Crippen LogP) is 1.96. The summed E-state index contributed by atoms with van der Waals surface area (Å²) in [6.45, 7) is 0. The lowest BCUT2D eigenvalue weighted by Gasteiger charge is -2.59.